The quantitative estimate of drug-likeness (QED) is 0.836. The number of rotatable bonds is 6. The van der Waals surface area contributed by atoms with E-state index in [2.05, 4.69) is 34.9 Å². The normalized spacial score (nSPS) is 12.9. The van der Waals surface area contributed by atoms with Crippen molar-refractivity contribution in [2.45, 2.75) is 45.2 Å². The van der Waals surface area contributed by atoms with E-state index >= 15 is 0 Å². The van der Waals surface area contributed by atoms with Gasteiger partial charge in [-0.05, 0) is 42.7 Å². The minimum absolute atomic E-state index is 0.262. The SMILES string of the molecule is CCC(CC)n1ccc(CC(N)c2cc(F)cc(Br)c2)n1. The van der Waals surface area contributed by atoms with E-state index in [1.54, 1.807) is 0 Å². The Hall–Kier alpha value is -1.20. The van der Waals surface area contributed by atoms with Gasteiger partial charge in [-0.1, -0.05) is 29.8 Å². The Balaban J connectivity index is 2.10. The van der Waals surface area contributed by atoms with Crippen LogP contribution in [0.5, 0.6) is 0 Å². The first-order chi connectivity index (χ1) is 10.0. The summed E-state index contributed by atoms with van der Waals surface area (Å²) in [6, 6.07) is 6.92. The summed E-state index contributed by atoms with van der Waals surface area (Å²) >= 11 is 3.29. The molecule has 3 nitrogen and oxygen atoms in total. The topological polar surface area (TPSA) is 43.8 Å². The van der Waals surface area contributed by atoms with Crippen LogP contribution in [0.2, 0.25) is 0 Å². The molecule has 1 heterocycles. The molecule has 2 rings (SSSR count). The number of halogens is 2. The van der Waals surface area contributed by atoms with Crippen LogP contribution in [0, 0.1) is 5.82 Å². The minimum Gasteiger partial charge on any atom is -0.324 e. The van der Waals surface area contributed by atoms with Crippen LogP contribution >= 0.6 is 15.9 Å². The van der Waals surface area contributed by atoms with Gasteiger partial charge in [0.05, 0.1) is 11.7 Å². The fourth-order valence-corrected chi connectivity index (χ4v) is 2.97. The molecule has 0 aliphatic rings. The summed E-state index contributed by atoms with van der Waals surface area (Å²) in [7, 11) is 0. The zero-order valence-corrected chi connectivity index (χ0v) is 14.0. The number of aromatic nitrogens is 2. The van der Waals surface area contributed by atoms with E-state index in [0.717, 1.165) is 24.1 Å². The Morgan fingerprint density at radius 2 is 2.00 bits per heavy atom. The molecule has 0 saturated carbocycles. The lowest BCUT2D eigenvalue weighted by atomic mass is 10.0. The second kappa shape index (κ2) is 7.18. The van der Waals surface area contributed by atoms with E-state index < -0.39 is 0 Å². The lowest BCUT2D eigenvalue weighted by Crippen LogP contribution is -2.15. The standard InChI is InChI=1S/C16H21BrFN3/c1-3-15(4-2)21-6-5-14(20-21)10-16(19)11-7-12(17)9-13(18)8-11/h5-9,15-16H,3-4,10,19H2,1-2H3. The zero-order chi connectivity index (χ0) is 15.4. The smallest absolute Gasteiger partial charge is 0.124 e. The Morgan fingerprint density at radius 3 is 2.62 bits per heavy atom. The first kappa shape index (κ1) is 16.2. The van der Waals surface area contributed by atoms with E-state index in [1.165, 1.54) is 12.1 Å². The number of nitrogens with zero attached hydrogens (tertiary/aromatic N) is 2. The number of nitrogens with two attached hydrogens (primary N) is 1. The lowest BCUT2D eigenvalue weighted by molar-refractivity contribution is 0.424. The monoisotopic (exact) mass is 353 g/mol. The van der Waals surface area contributed by atoms with Crippen LogP contribution in [0.25, 0.3) is 0 Å². The van der Waals surface area contributed by atoms with Crippen molar-refractivity contribution in [3.63, 3.8) is 0 Å². The summed E-state index contributed by atoms with van der Waals surface area (Å²) in [6.45, 7) is 4.32. The first-order valence-corrected chi connectivity index (χ1v) is 8.08. The van der Waals surface area contributed by atoms with Crippen LogP contribution < -0.4 is 5.73 Å². The van der Waals surface area contributed by atoms with Gasteiger partial charge in [0.2, 0.25) is 0 Å². The van der Waals surface area contributed by atoms with Crippen molar-refractivity contribution >= 4 is 15.9 Å². The molecule has 0 spiro atoms. The van der Waals surface area contributed by atoms with Crippen LogP contribution in [0.15, 0.2) is 34.9 Å². The summed E-state index contributed by atoms with van der Waals surface area (Å²) < 4.78 is 16.1. The third-order valence-electron chi connectivity index (χ3n) is 3.72. The summed E-state index contributed by atoms with van der Waals surface area (Å²) in [5, 5.41) is 4.59. The molecule has 0 aliphatic carbocycles. The molecule has 0 bridgehead atoms. The predicted octanol–water partition coefficient (Wildman–Crippen LogP) is 4.39. The Bertz CT molecular complexity index is 573. The van der Waals surface area contributed by atoms with E-state index in [4.69, 9.17) is 5.73 Å². The van der Waals surface area contributed by atoms with Crippen molar-refractivity contribution in [3.8, 4) is 0 Å². The van der Waals surface area contributed by atoms with Gasteiger partial charge in [0.15, 0.2) is 0 Å². The predicted molar refractivity (Wildman–Crippen MR) is 86.6 cm³/mol. The molecule has 2 aromatic rings. The second-order valence-corrected chi connectivity index (χ2v) is 6.19. The minimum atomic E-state index is -0.280. The van der Waals surface area contributed by atoms with Gasteiger partial charge in [-0.25, -0.2) is 4.39 Å². The van der Waals surface area contributed by atoms with Gasteiger partial charge in [0.25, 0.3) is 0 Å². The number of benzene rings is 1. The molecule has 114 valence electrons. The van der Waals surface area contributed by atoms with Crippen LogP contribution in [0.4, 0.5) is 4.39 Å². The average molecular weight is 354 g/mol. The number of hydrogen-bond donors (Lipinski definition) is 1. The Kier molecular flexibility index (Phi) is 5.53. The van der Waals surface area contributed by atoms with Crippen molar-refractivity contribution in [1.82, 2.24) is 9.78 Å². The van der Waals surface area contributed by atoms with Gasteiger partial charge in [-0.3, -0.25) is 4.68 Å². The zero-order valence-electron chi connectivity index (χ0n) is 12.4. The maximum absolute atomic E-state index is 13.4. The Morgan fingerprint density at radius 1 is 1.29 bits per heavy atom. The molecule has 1 atom stereocenters. The molecular weight excluding hydrogens is 333 g/mol. The van der Waals surface area contributed by atoms with Gasteiger partial charge in [-0.15, -0.1) is 0 Å². The van der Waals surface area contributed by atoms with Gasteiger partial charge in [-0.2, -0.15) is 5.10 Å². The van der Waals surface area contributed by atoms with Gasteiger partial charge >= 0.3 is 0 Å². The summed E-state index contributed by atoms with van der Waals surface area (Å²) in [4.78, 5) is 0. The summed E-state index contributed by atoms with van der Waals surface area (Å²) in [5.41, 5.74) is 7.89. The average Bonchev–Trinajstić information content (AvgIpc) is 2.87. The molecule has 0 radical (unpaired) electrons. The van der Waals surface area contributed by atoms with Crippen molar-refractivity contribution < 1.29 is 4.39 Å². The van der Waals surface area contributed by atoms with E-state index in [1.807, 2.05) is 23.0 Å². The number of hydrogen-bond acceptors (Lipinski definition) is 2. The third kappa shape index (κ3) is 4.14. The highest BCUT2D eigenvalue weighted by Crippen LogP contribution is 2.22. The van der Waals surface area contributed by atoms with Crippen molar-refractivity contribution in [1.29, 1.82) is 0 Å². The van der Waals surface area contributed by atoms with Crippen LogP contribution in [0.1, 0.15) is 50.0 Å². The first-order valence-electron chi connectivity index (χ1n) is 7.29. The van der Waals surface area contributed by atoms with E-state index in [-0.39, 0.29) is 11.9 Å². The molecular formula is C16H21BrFN3. The van der Waals surface area contributed by atoms with Gasteiger partial charge < -0.3 is 5.73 Å². The molecule has 0 aliphatic heterocycles. The second-order valence-electron chi connectivity index (χ2n) is 5.27. The van der Waals surface area contributed by atoms with E-state index in [9.17, 15) is 4.39 Å². The molecule has 1 aromatic heterocycles. The van der Waals surface area contributed by atoms with Gasteiger partial charge in [0, 0.05) is 23.1 Å². The van der Waals surface area contributed by atoms with Crippen molar-refractivity contribution in [2.75, 3.05) is 0 Å². The summed E-state index contributed by atoms with van der Waals surface area (Å²) in [5.74, 6) is -0.280. The molecule has 0 saturated heterocycles. The van der Waals surface area contributed by atoms with Crippen LogP contribution in [-0.2, 0) is 6.42 Å². The highest BCUT2D eigenvalue weighted by atomic mass is 79.9. The molecule has 1 unspecified atom stereocenters. The fraction of sp³-hybridized carbons (Fsp3) is 0.438. The fourth-order valence-electron chi connectivity index (χ4n) is 2.48. The van der Waals surface area contributed by atoms with Crippen LogP contribution in [0.3, 0.4) is 0 Å². The third-order valence-corrected chi connectivity index (χ3v) is 4.18. The Labute approximate surface area is 133 Å². The molecule has 2 N–H and O–H groups in total. The van der Waals surface area contributed by atoms with E-state index in [0.29, 0.717) is 16.9 Å². The van der Waals surface area contributed by atoms with Crippen molar-refractivity contribution in [2.24, 2.45) is 5.73 Å². The highest BCUT2D eigenvalue weighted by Gasteiger charge is 2.13. The van der Waals surface area contributed by atoms with Crippen LogP contribution in [-0.4, -0.2) is 9.78 Å². The molecule has 21 heavy (non-hydrogen) atoms. The molecule has 1 aromatic carbocycles. The highest BCUT2D eigenvalue weighted by molar-refractivity contribution is 9.10. The molecule has 0 amide bonds. The summed E-state index contributed by atoms with van der Waals surface area (Å²) in [6.07, 6.45) is 4.71. The largest absolute Gasteiger partial charge is 0.324 e. The van der Waals surface area contributed by atoms with Gasteiger partial charge in [0.1, 0.15) is 5.82 Å². The maximum Gasteiger partial charge on any atom is 0.124 e. The molecule has 0 fully saturated rings. The lowest BCUT2D eigenvalue weighted by Gasteiger charge is -2.13. The maximum atomic E-state index is 13.4. The van der Waals surface area contributed by atoms with Crippen molar-refractivity contribution in [3.05, 3.63) is 52.0 Å². The molecule has 5 heteroatoms.